The molecule has 0 aliphatic rings. The predicted molar refractivity (Wildman–Crippen MR) is 94.7 cm³/mol. The number of rotatable bonds is 4. The Kier molecular flexibility index (Phi) is 4.94. The molecule has 0 spiro atoms. The van der Waals surface area contributed by atoms with Crippen LogP contribution in [0.25, 0.3) is 5.69 Å². The van der Waals surface area contributed by atoms with Crippen LogP contribution in [0.15, 0.2) is 60.9 Å². The molecule has 0 saturated heterocycles. The van der Waals surface area contributed by atoms with Gasteiger partial charge in [0.25, 0.3) is 0 Å². The predicted octanol–water partition coefficient (Wildman–Crippen LogP) is 4.73. The molecule has 2 N–H and O–H groups in total. The molecule has 0 saturated carbocycles. The third kappa shape index (κ3) is 4.20. The van der Waals surface area contributed by atoms with E-state index in [9.17, 15) is 18.0 Å². The lowest BCUT2D eigenvalue weighted by molar-refractivity contribution is -0.137. The number of imidazole rings is 1. The van der Waals surface area contributed by atoms with Gasteiger partial charge in [-0.1, -0.05) is 24.3 Å². The van der Waals surface area contributed by atoms with E-state index < -0.39 is 17.6 Å². The van der Waals surface area contributed by atoms with Crippen LogP contribution in [0.5, 0.6) is 0 Å². The van der Waals surface area contributed by atoms with Crippen molar-refractivity contribution in [2.45, 2.75) is 12.6 Å². The lowest BCUT2D eigenvalue weighted by Crippen LogP contribution is -2.15. The molecule has 1 heterocycles. The number of nitrogens with zero attached hydrogens (tertiary/aromatic N) is 1. The summed E-state index contributed by atoms with van der Waals surface area (Å²) in [5.74, 6) is -0.404. The van der Waals surface area contributed by atoms with Gasteiger partial charge in [-0.3, -0.25) is 9.36 Å². The molecular weight excluding hydrogens is 363 g/mol. The number of nitrogens with one attached hydrogen (secondary N) is 2. The number of amides is 1. The van der Waals surface area contributed by atoms with E-state index in [1.165, 1.54) is 12.1 Å². The minimum Gasteiger partial charge on any atom is -0.337 e. The highest BCUT2D eigenvalue weighted by molar-refractivity contribution is 7.71. The van der Waals surface area contributed by atoms with Gasteiger partial charge in [0.2, 0.25) is 5.91 Å². The third-order valence-electron chi connectivity index (χ3n) is 3.68. The average Bonchev–Trinajstić information content (AvgIpc) is 3.00. The molecule has 1 amide bonds. The first-order chi connectivity index (χ1) is 12.3. The van der Waals surface area contributed by atoms with E-state index in [4.69, 9.17) is 12.2 Å². The Hall–Kier alpha value is -2.87. The maximum Gasteiger partial charge on any atom is 0.416 e. The van der Waals surface area contributed by atoms with E-state index >= 15 is 0 Å². The van der Waals surface area contributed by atoms with Gasteiger partial charge >= 0.3 is 6.18 Å². The lowest BCUT2D eigenvalue weighted by atomic mass is 10.1. The van der Waals surface area contributed by atoms with Gasteiger partial charge < -0.3 is 10.3 Å². The Bertz CT molecular complexity index is 991. The van der Waals surface area contributed by atoms with E-state index in [1.54, 1.807) is 35.2 Å². The number of halogens is 3. The van der Waals surface area contributed by atoms with Crippen molar-refractivity contribution < 1.29 is 18.0 Å². The van der Waals surface area contributed by atoms with Crippen LogP contribution in [-0.2, 0) is 17.4 Å². The zero-order valence-corrected chi connectivity index (χ0v) is 14.2. The van der Waals surface area contributed by atoms with Crippen molar-refractivity contribution in [2.75, 3.05) is 5.32 Å². The van der Waals surface area contributed by atoms with E-state index in [0.29, 0.717) is 16.0 Å². The van der Waals surface area contributed by atoms with Crippen LogP contribution in [0.2, 0.25) is 0 Å². The molecule has 3 rings (SSSR count). The molecule has 0 bridgehead atoms. The van der Waals surface area contributed by atoms with Crippen molar-refractivity contribution in [1.29, 1.82) is 0 Å². The Morgan fingerprint density at radius 3 is 2.62 bits per heavy atom. The fraction of sp³-hybridized carbons (Fsp3) is 0.111. The fourth-order valence-electron chi connectivity index (χ4n) is 2.51. The summed E-state index contributed by atoms with van der Waals surface area (Å²) in [6.45, 7) is 0. The van der Waals surface area contributed by atoms with Crippen molar-refractivity contribution in [3.05, 3.63) is 76.8 Å². The van der Waals surface area contributed by atoms with Crippen LogP contribution in [0, 0.1) is 4.77 Å². The van der Waals surface area contributed by atoms with Crippen LogP contribution in [0.3, 0.4) is 0 Å². The summed E-state index contributed by atoms with van der Waals surface area (Å²) in [6.07, 6.45) is -1.14. The SMILES string of the molecule is O=C(Cc1cccc(C(F)(F)F)c1)Nc1cccc(-n2cc[nH]c2=S)c1. The number of H-pyrrole nitrogens is 1. The number of aromatic nitrogens is 2. The summed E-state index contributed by atoms with van der Waals surface area (Å²) < 4.78 is 40.5. The van der Waals surface area contributed by atoms with Crippen LogP contribution in [0.1, 0.15) is 11.1 Å². The summed E-state index contributed by atoms with van der Waals surface area (Å²) >= 11 is 5.16. The van der Waals surface area contributed by atoms with Gasteiger partial charge in [0.05, 0.1) is 12.0 Å². The summed E-state index contributed by atoms with van der Waals surface area (Å²) in [5, 5.41) is 2.69. The standard InChI is InChI=1S/C18H14F3N3OS/c19-18(20,21)13-4-1-3-12(9-13)10-16(25)23-14-5-2-6-15(11-14)24-8-7-22-17(24)26/h1-9,11H,10H2,(H,22,26)(H,23,25). The summed E-state index contributed by atoms with van der Waals surface area (Å²) in [6, 6.07) is 11.7. The molecule has 4 nitrogen and oxygen atoms in total. The highest BCUT2D eigenvalue weighted by Gasteiger charge is 2.30. The van der Waals surface area contributed by atoms with Crippen LogP contribution < -0.4 is 5.32 Å². The molecule has 2 aromatic carbocycles. The van der Waals surface area contributed by atoms with Gasteiger partial charge in [-0.15, -0.1) is 0 Å². The minimum absolute atomic E-state index is 0.155. The van der Waals surface area contributed by atoms with E-state index in [0.717, 1.165) is 17.8 Å². The first-order valence-corrected chi connectivity index (χ1v) is 8.06. The van der Waals surface area contributed by atoms with Gasteiger partial charge in [-0.2, -0.15) is 13.2 Å². The Balaban J connectivity index is 1.73. The van der Waals surface area contributed by atoms with Gasteiger partial charge in [-0.05, 0) is 42.0 Å². The molecule has 134 valence electrons. The highest BCUT2D eigenvalue weighted by atomic mass is 32.1. The monoisotopic (exact) mass is 377 g/mol. The molecule has 0 unspecified atom stereocenters. The molecule has 0 atom stereocenters. The van der Waals surface area contributed by atoms with E-state index in [1.807, 2.05) is 6.07 Å². The van der Waals surface area contributed by atoms with Gasteiger partial charge in [0.1, 0.15) is 0 Å². The Labute approximate surface area is 152 Å². The summed E-state index contributed by atoms with van der Waals surface area (Å²) in [4.78, 5) is 15.1. The smallest absolute Gasteiger partial charge is 0.337 e. The number of anilines is 1. The van der Waals surface area contributed by atoms with Crippen molar-refractivity contribution in [1.82, 2.24) is 9.55 Å². The first-order valence-electron chi connectivity index (χ1n) is 7.65. The van der Waals surface area contributed by atoms with Crippen molar-refractivity contribution in [3.8, 4) is 5.69 Å². The Morgan fingerprint density at radius 2 is 1.92 bits per heavy atom. The van der Waals surface area contributed by atoms with Crippen LogP contribution in [0.4, 0.5) is 18.9 Å². The van der Waals surface area contributed by atoms with Crippen molar-refractivity contribution >= 4 is 23.8 Å². The van der Waals surface area contributed by atoms with Crippen LogP contribution >= 0.6 is 12.2 Å². The number of hydrogen-bond acceptors (Lipinski definition) is 2. The van der Waals surface area contributed by atoms with Gasteiger partial charge in [-0.25, -0.2) is 0 Å². The third-order valence-corrected chi connectivity index (χ3v) is 3.99. The topological polar surface area (TPSA) is 49.8 Å². The second-order valence-corrected chi connectivity index (χ2v) is 6.00. The number of alkyl halides is 3. The number of carbonyl (C=O) groups excluding carboxylic acids is 1. The zero-order chi connectivity index (χ0) is 18.7. The van der Waals surface area contributed by atoms with E-state index in [-0.39, 0.29) is 6.42 Å². The molecule has 8 heteroatoms. The van der Waals surface area contributed by atoms with Gasteiger partial charge in [0, 0.05) is 23.8 Å². The highest BCUT2D eigenvalue weighted by Crippen LogP contribution is 2.29. The molecule has 0 aliphatic carbocycles. The van der Waals surface area contributed by atoms with Crippen molar-refractivity contribution in [3.63, 3.8) is 0 Å². The number of hydrogen-bond donors (Lipinski definition) is 2. The maximum atomic E-state index is 12.7. The Morgan fingerprint density at radius 1 is 1.15 bits per heavy atom. The largest absolute Gasteiger partial charge is 0.416 e. The molecule has 0 radical (unpaired) electrons. The second kappa shape index (κ2) is 7.17. The average molecular weight is 377 g/mol. The summed E-state index contributed by atoms with van der Waals surface area (Å²) in [7, 11) is 0. The maximum absolute atomic E-state index is 12.7. The summed E-state index contributed by atoms with van der Waals surface area (Å²) in [5.41, 5.74) is 0.809. The number of aromatic amines is 1. The first kappa shape index (κ1) is 17.9. The molecular formula is C18H14F3N3OS. The zero-order valence-electron chi connectivity index (χ0n) is 13.4. The molecule has 0 aliphatic heterocycles. The fourth-order valence-corrected chi connectivity index (χ4v) is 2.74. The molecule has 0 fully saturated rings. The lowest BCUT2D eigenvalue weighted by Gasteiger charge is -2.10. The molecule has 3 aromatic rings. The number of carbonyl (C=O) groups is 1. The molecule has 1 aromatic heterocycles. The minimum atomic E-state index is -4.43. The van der Waals surface area contributed by atoms with Crippen molar-refractivity contribution in [2.24, 2.45) is 0 Å². The van der Waals surface area contributed by atoms with Gasteiger partial charge in [0.15, 0.2) is 4.77 Å². The van der Waals surface area contributed by atoms with Crippen LogP contribution in [-0.4, -0.2) is 15.5 Å². The second-order valence-electron chi connectivity index (χ2n) is 5.61. The number of benzene rings is 2. The van der Waals surface area contributed by atoms with E-state index in [2.05, 4.69) is 10.3 Å². The quantitative estimate of drug-likeness (QED) is 0.646. The molecule has 26 heavy (non-hydrogen) atoms. The normalized spacial score (nSPS) is 11.3.